The van der Waals surface area contributed by atoms with Crippen LogP contribution in [0.1, 0.15) is 25.0 Å². The van der Waals surface area contributed by atoms with Gasteiger partial charge >= 0.3 is 0 Å². The van der Waals surface area contributed by atoms with Crippen molar-refractivity contribution < 1.29 is 8.42 Å². The van der Waals surface area contributed by atoms with Crippen LogP contribution in [0.4, 0.5) is 5.69 Å². The lowest BCUT2D eigenvalue weighted by molar-refractivity contribution is 0.564. The Morgan fingerprint density at radius 1 is 1.37 bits per heavy atom. The normalized spacial score (nSPS) is 15.3. The first-order chi connectivity index (χ1) is 8.98. The Hall–Kier alpha value is -1.11. The molecule has 3 N–H and O–H groups in total. The molecule has 5 nitrogen and oxygen atoms in total. The zero-order valence-electron chi connectivity index (χ0n) is 11.4. The first-order valence-corrected chi connectivity index (χ1v) is 8.05. The maximum atomic E-state index is 11.9. The molecule has 0 aliphatic carbocycles. The molecular weight excluding hydrogens is 262 g/mol. The molecule has 1 aromatic rings. The first-order valence-electron chi connectivity index (χ1n) is 6.57. The summed E-state index contributed by atoms with van der Waals surface area (Å²) in [7, 11) is -3.49. The van der Waals surface area contributed by atoms with E-state index >= 15 is 0 Å². The molecule has 106 valence electrons. The minimum atomic E-state index is -3.49. The third-order valence-electron chi connectivity index (χ3n) is 3.07. The van der Waals surface area contributed by atoms with Gasteiger partial charge in [0.2, 0.25) is 0 Å². The maximum absolute atomic E-state index is 11.9. The number of benzene rings is 1. The molecule has 0 aromatic heterocycles. The van der Waals surface area contributed by atoms with Crippen LogP contribution in [0.15, 0.2) is 18.2 Å². The molecule has 19 heavy (non-hydrogen) atoms. The highest BCUT2D eigenvalue weighted by Gasteiger charge is 2.16. The predicted molar refractivity (Wildman–Crippen MR) is 77.2 cm³/mol. The van der Waals surface area contributed by atoms with Crippen molar-refractivity contribution in [2.24, 2.45) is 5.92 Å². The fourth-order valence-electron chi connectivity index (χ4n) is 2.07. The van der Waals surface area contributed by atoms with E-state index in [1.807, 2.05) is 19.9 Å². The highest BCUT2D eigenvalue weighted by Crippen LogP contribution is 2.23. The maximum Gasteiger partial charge on any atom is 0.299 e. The van der Waals surface area contributed by atoms with Crippen molar-refractivity contribution in [1.82, 2.24) is 10.0 Å². The van der Waals surface area contributed by atoms with Crippen LogP contribution in [0, 0.1) is 5.92 Å². The van der Waals surface area contributed by atoms with E-state index < -0.39 is 10.2 Å². The Kier molecular flexibility index (Phi) is 4.44. The van der Waals surface area contributed by atoms with Gasteiger partial charge in [0, 0.05) is 13.1 Å². The molecule has 2 rings (SSSR count). The van der Waals surface area contributed by atoms with Gasteiger partial charge in [0.25, 0.3) is 10.2 Å². The predicted octanol–water partition coefficient (Wildman–Crippen LogP) is 1.23. The Bertz CT molecular complexity index is 541. The first kappa shape index (κ1) is 14.3. The number of hydrogen-bond donors (Lipinski definition) is 3. The number of nitrogens with one attached hydrogen (secondary N) is 3. The molecule has 0 atom stereocenters. The SMILES string of the molecule is CC(C)CNS(=O)(=O)Nc1cccc2c1CNCC2. The quantitative estimate of drug-likeness (QED) is 0.761. The van der Waals surface area contributed by atoms with Crippen molar-refractivity contribution in [3.05, 3.63) is 29.3 Å². The van der Waals surface area contributed by atoms with Crippen LogP contribution >= 0.6 is 0 Å². The van der Waals surface area contributed by atoms with Gasteiger partial charge in [-0.05, 0) is 36.1 Å². The van der Waals surface area contributed by atoms with E-state index in [1.54, 1.807) is 6.07 Å². The molecule has 0 bridgehead atoms. The van der Waals surface area contributed by atoms with Crippen LogP contribution in [-0.4, -0.2) is 21.5 Å². The molecule has 0 saturated heterocycles. The van der Waals surface area contributed by atoms with Crippen molar-refractivity contribution >= 4 is 15.9 Å². The number of fused-ring (bicyclic) bond motifs is 1. The van der Waals surface area contributed by atoms with Gasteiger partial charge in [0.1, 0.15) is 0 Å². The molecule has 0 radical (unpaired) electrons. The Morgan fingerprint density at radius 2 is 2.16 bits per heavy atom. The molecule has 1 aliphatic rings. The van der Waals surface area contributed by atoms with E-state index in [0.717, 1.165) is 18.5 Å². The van der Waals surface area contributed by atoms with Gasteiger partial charge in [-0.25, -0.2) is 0 Å². The van der Waals surface area contributed by atoms with E-state index in [-0.39, 0.29) is 5.92 Å². The molecule has 0 amide bonds. The molecule has 0 unspecified atom stereocenters. The van der Waals surface area contributed by atoms with Gasteiger partial charge in [-0.2, -0.15) is 13.1 Å². The number of anilines is 1. The minimum absolute atomic E-state index is 0.280. The fourth-order valence-corrected chi connectivity index (χ4v) is 3.17. The second kappa shape index (κ2) is 5.90. The van der Waals surface area contributed by atoms with Gasteiger partial charge in [0.05, 0.1) is 5.69 Å². The summed E-state index contributed by atoms with van der Waals surface area (Å²) >= 11 is 0. The molecule has 6 heteroatoms. The fraction of sp³-hybridized carbons (Fsp3) is 0.538. The highest BCUT2D eigenvalue weighted by atomic mass is 32.2. The van der Waals surface area contributed by atoms with Crippen LogP contribution in [0.25, 0.3) is 0 Å². The van der Waals surface area contributed by atoms with Gasteiger partial charge in [-0.3, -0.25) is 4.72 Å². The molecule has 0 spiro atoms. The molecular formula is C13H21N3O2S. The minimum Gasteiger partial charge on any atom is -0.312 e. The van der Waals surface area contributed by atoms with E-state index in [4.69, 9.17) is 0 Å². The Morgan fingerprint density at radius 3 is 2.89 bits per heavy atom. The van der Waals surface area contributed by atoms with Gasteiger partial charge < -0.3 is 5.32 Å². The Balaban J connectivity index is 2.15. The van der Waals surface area contributed by atoms with Crippen molar-refractivity contribution in [3.63, 3.8) is 0 Å². The molecule has 1 aliphatic heterocycles. The summed E-state index contributed by atoms with van der Waals surface area (Å²) in [5.74, 6) is 0.280. The van der Waals surface area contributed by atoms with Crippen molar-refractivity contribution in [2.45, 2.75) is 26.8 Å². The van der Waals surface area contributed by atoms with Crippen LogP contribution in [0.5, 0.6) is 0 Å². The van der Waals surface area contributed by atoms with E-state index in [9.17, 15) is 8.42 Å². The average molecular weight is 283 g/mol. The summed E-state index contributed by atoms with van der Waals surface area (Å²) in [6, 6.07) is 5.75. The third-order valence-corrected chi connectivity index (χ3v) is 4.11. The summed E-state index contributed by atoms with van der Waals surface area (Å²) in [6.07, 6.45) is 0.935. The van der Waals surface area contributed by atoms with Crippen molar-refractivity contribution in [2.75, 3.05) is 17.8 Å². The third kappa shape index (κ3) is 3.92. The summed E-state index contributed by atoms with van der Waals surface area (Å²) in [4.78, 5) is 0. The van der Waals surface area contributed by atoms with Gasteiger partial charge in [-0.15, -0.1) is 0 Å². The summed E-state index contributed by atoms with van der Waals surface area (Å²) in [5, 5.41) is 3.26. The van der Waals surface area contributed by atoms with E-state index in [0.29, 0.717) is 18.8 Å². The largest absolute Gasteiger partial charge is 0.312 e. The van der Waals surface area contributed by atoms with Gasteiger partial charge in [-0.1, -0.05) is 26.0 Å². The van der Waals surface area contributed by atoms with Crippen molar-refractivity contribution in [1.29, 1.82) is 0 Å². The molecule has 1 aromatic carbocycles. The smallest absolute Gasteiger partial charge is 0.299 e. The van der Waals surface area contributed by atoms with E-state index in [2.05, 4.69) is 20.8 Å². The summed E-state index contributed by atoms with van der Waals surface area (Å²) in [6.45, 7) is 6.02. The highest BCUT2D eigenvalue weighted by molar-refractivity contribution is 7.90. The zero-order chi connectivity index (χ0) is 13.9. The lowest BCUT2D eigenvalue weighted by Crippen LogP contribution is -2.34. The van der Waals surface area contributed by atoms with Crippen LogP contribution in [-0.2, 0) is 23.2 Å². The lowest BCUT2D eigenvalue weighted by atomic mass is 10.00. The second-order valence-electron chi connectivity index (χ2n) is 5.22. The second-order valence-corrected chi connectivity index (χ2v) is 6.72. The molecule has 0 fully saturated rings. The monoisotopic (exact) mass is 283 g/mol. The topological polar surface area (TPSA) is 70.2 Å². The standard InChI is InChI=1S/C13H21N3O2S/c1-10(2)8-15-19(17,18)16-13-5-3-4-11-6-7-14-9-12(11)13/h3-5,10,14-16H,6-9H2,1-2H3. The van der Waals surface area contributed by atoms with Crippen LogP contribution in [0.2, 0.25) is 0 Å². The summed E-state index contributed by atoms with van der Waals surface area (Å²) < 4.78 is 29.1. The summed E-state index contributed by atoms with van der Waals surface area (Å²) in [5.41, 5.74) is 2.92. The molecule has 1 heterocycles. The number of rotatable bonds is 5. The Labute approximate surface area is 115 Å². The number of hydrogen-bond acceptors (Lipinski definition) is 3. The lowest BCUT2D eigenvalue weighted by Gasteiger charge is -2.21. The van der Waals surface area contributed by atoms with Gasteiger partial charge in [0.15, 0.2) is 0 Å². The zero-order valence-corrected chi connectivity index (χ0v) is 12.2. The average Bonchev–Trinajstić information content (AvgIpc) is 2.37. The van der Waals surface area contributed by atoms with Crippen LogP contribution < -0.4 is 14.8 Å². The molecule has 0 saturated carbocycles. The van der Waals surface area contributed by atoms with E-state index in [1.165, 1.54) is 5.56 Å². The van der Waals surface area contributed by atoms with Crippen molar-refractivity contribution in [3.8, 4) is 0 Å². The van der Waals surface area contributed by atoms with Crippen LogP contribution in [0.3, 0.4) is 0 Å².